The van der Waals surface area contributed by atoms with Crippen LogP contribution in [0.5, 0.6) is 0 Å². The number of ether oxygens (including phenoxy) is 1. The van der Waals surface area contributed by atoms with Crippen LogP contribution in [0, 0.1) is 31.1 Å². The number of carbonyl (C=O) groups excluding carboxylic acids is 1. The highest BCUT2D eigenvalue weighted by molar-refractivity contribution is 6.31. The number of hydrogen-bond donors (Lipinski definition) is 1. The van der Waals surface area contributed by atoms with Crippen LogP contribution in [0.4, 0.5) is 5.95 Å². The summed E-state index contributed by atoms with van der Waals surface area (Å²) in [7, 11) is 1.65. The average molecular weight is 563 g/mol. The van der Waals surface area contributed by atoms with Crippen molar-refractivity contribution < 1.29 is 14.6 Å². The maximum Gasteiger partial charge on any atom is 0.359 e. The first kappa shape index (κ1) is 27.9. The topological polar surface area (TPSA) is 117 Å². The smallest absolute Gasteiger partial charge is 0.359 e. The van der Waals surface area contributed by atoms with Gasteiger partial charge in [-0.3, -0.25) is 0 Å². The molecular formula is C30H35ClN6O3. The molecule has 9 nitrogen and oxygen atoms in total. The van der Waals surface area contributed by atoms with Gasteiger partial charge in [0.2, 0.25) is 0 Å². The number of halogens is 1. The number of carbonyl (C=O) groups is 1. The third-order valence-corrected chi connectivity index (χ3v) is 8.71. The molecule has 1 aromatic carbocycles. The summed E-state index contributed by atoms with van der Waals surface area (Å²) in [5.41, 5.74) is 1.99. The zero-order chi connectivity index (χ0) is 28.8. The van der Waals surface area contributed by atoms with E-state index in [1.807, 2.05) is 52.0 Å². The lowest BCUT2D eigenvalue weighted by molar-refractivity contribution is -0.167. The highest BCUT2D eigenvalue weighted by Crippen LogP contribution is 2.46. The Morgan fingerprint density at radius 2 is 1.98 bits per heavy atom. The van der Waals surface area contributed by atoms with E-state index in [1.165, 1.54) is 4.90 Å². The van der Waals surface area contributed by atoms with Crippen molar-refractivity contribution in [3.63, 3.8) is 0 Å². The molecule has 0 bridgehead atoms. The van der Waals surface area contributed by atoms with Crippen molar-refractivity contribution in [2.45, 2.75) is 83.7 Å². The van der Waals surface area contributed by atoms with Gasteiger partial charge in [-0.2, -0.15) is 14.8 Å². The first-order valence-corrected chi connectivity index (χ1v) is 14.1. The summed E-state index contributed by atoms with van der Waals surface area (Å²) in [5, 5.41) is 25.9. The van der Waals surface area contributed by atoms with E-state index in [2.05, 4.69) is 21.1 Å². The summed E-state index contributed by atoms with van der Waals surface area (Å²) in [6.07, 6.45) is 5.42. The van der Waals surface area contributed by atoms with E-state index in [0.29, 0.717) is 23.6 Å². The molecule has 0 spiro atoms. The van der Waals surface area contributed by atoms with Crippen molar-refractivity contribution in [1.82, 2.24) is 19.6 Å². The summed E-state index contributed by atoms with van der Waals surface area (Å²) >= 11 is 6.57. The zero-order valence-electron chi connectivity index (χ0n) is 23.7. The van der Waals surface area contributed by atoms with Crippen molar-refractivity contribution >= 4 is 29.3 Å². The predicted molar refractivity (Wildman–Crippen MR) is 152 cm³/mol. The van der Waals surface area contributed by atoms with Gasteiger partial charge in [-0.15, -0.1) is 5.10 Å². The summed E-state index contributed by atoms with van der Waals surface area (Å²) in [6.45, 7) is 7.48. The standard InChI is InChI=1S/C30H35ClN6O3/c1-18-14-19(2)37-27(33-18)34-28(35-37)36(5)25-24(38)16-30(40-26(25)39,21-8-6-7-9-21)13-12-20-10-11-22(23(31)15-20)29(3,4)17-32/h10-11,14-15,21,38H,6-9,12-13,16H2,1-5H3. The third kappa shape index (κ3) is 5.01. The van der Waals surface area contributed by atoms with Crippen LogP contribution in [-0.2, 0) is 21.4 Å². The molecular weight excluding hydrogens is 528 g/mol. The molecule has 3 aromatic rings. The van der Waals surface area contributed by atoms with E-state index >= 15 is 0 Å². The fraction of sp³-hybridized carbons (Fsp3) is 0.500. The minimum Gasteiger partial charge on any atom is -0.510 e. The van der Waals surface area contributed by atoms with E-state index in [9.17, 15) is 15.2 Å². The largest absolute Gasteiger partial charge is 0.510 e. The Kier molecular flexibility index (Phi) is 7.26. The second kappa shape index (κ2) is 10.4. The van der Waals surface area contributed by atoms with Gasteiger partial charge in [0.1, 0.15) is 11.4 Å². The van der Waals surface area contributed by atoms with Crippen LogP contribution in [0.25, 0.3) is 5.78 Å². The van der Waals surface area contributed by atoms with Crippen LogP contribution in [0.1, 0.15) is 74.9 Å². The number of aryl methyl sites for hydroxylation is 3. The van der Waals surface area contributed by atoms with Crippen LogP contribution in [0.2, 0.25) is 5.02 Å². The molecule has 1 N–H and O–H groups in total. The predicted octanol–water partition coefficient (Wildman–Crippen LogP) is 5.91. The molecule has 1 saturated carbocycles. The molecule has 5 rings (SSSR count). The number of anilines is 1. The van der Waals surface area contributed by atoms with Gasteiger partial charge < -0.3 is 14.7 Å². The van der Waals surface area contributed by atoms with E-state index in [1.54, 1.807) is 11.6 Å². The van der Waals surface area contributed by atoms with Crippen LogP contribution < -0.4 is 4.90 Å². The summed E-state index contributed by atoms with van der Waals surface area (Å²) in [4.78, 5) is 24.0. The molecule has 1 fully saturated rings. The quantitative estimate of drug-likeness (QED) is 0.353. The Morgan fingerprint density at radius 3 is 2.62 bits per heavy atom. The van der Waals surface area contributed by atoms with Crippen molar-refractivity contribution in [2.75, 3.05) is 11.9 Å². The Morgan fingerprint density at radius 1 is 1.25 bits per heavy atom. The van der Waals surface area contributed by atoms with Crippen LogP contribution in [-0.4, -0.2) is 43.3 Å². The number of nitriles is 1. The molecule has 1 aliphatic carbocycles. The van der Waals surface area contributed by atoms with Crippen molar-refractivity contribution in [2.24, 2.45) is 5.92 Å². The number of rotatable bonds is 7. The number of benzene rings is 1. The van der Waals surface area contributed by atoms with Gasteiger partial charge in [-0.05, 0) is 82.6 Å². The second-order valence-electron chi connectivity index (χ2n) is 11.7. The van der Waals surface area contributed by atoms with E-state index in [4.69, 9.17) is 16.3 Å². The second-order valence-corrected chi connectivity index (χ2v) is 12.1. The normalized spacial score (nSPS) is 20.2. The highest BCUT2D eigenvalue weighted by Gasteiger charge is 2.49. The van der Waals surface area contributed by atoms with Gasteiger partial charge in [0.15, 0.2) is 5.70 Å². The van der Waals surface area contributed by atoms with E-state index in [-0.39, 0.29) is 29.7 Å². The lowest BCUT2D eigenvalue weighted by Crippen LogP contribution is -2.48. The Hall–Kier alpha value is -3.64. The number of hydrogen-bond acceptors (Lipinski definition) is 8. The maximum atomic E-state index is 13.6. The molecule has 1 aliphatic heterocycles. The summed E-state index contributed by atoms with van der Waals surface area (Å²) in [6, 6.07) is 9.98. The molecule has 210 valence electrons. The van der Waals surface area contributed by atoms with Crippen molar-refractivity contribution in [3.8, 4) is 6.07 Å². The number of likely N-dealkylation sites (N-methyl/N-ethyl adjacent to an activating group) is 1. The SMILES string of the molecule is Cc1cc(C)n2nc(N(C)C3=C(O)CC(CCc4ccc(C(C)(C)C#N)c(Cl)c4)(C4CCCC4)OC3=O)nc2n1. The highest BCUT2D eigenvalue weighted by atomic mass is 35.5. The number of aliphatic hydroxyl groups excluding tert-OH is 1. The average Bonchev–Trinajstić information content (AvgIpc) is 3.58. The van der Waals surface area contributed by atoms with Gasteiger partial charge in [0.05, 0.1) is 11.5 Å². The number of fused-ring (bicyclic) bond motifs is 1. The molecule has 1 unspecified atom stereocenters. The van der Waals surface area contributed by atoms with Crippen molar-refractivity contribution in [3.05, 3.63) is 63.3 Å². The Bertz CT molecular complexity index is 1550. The Labute approximate surface area is 239 Å². The zero-order valence-corrected chi connectivity index (χ0v) is 24.4. The molecule has 10 heteroatoms. The van der Waals surface area contributed by atoms with Gasteiger partial charge in [-0.25, -0.2) is 9.78 Å². The van der Waals surface area contributed by atoms with Gasteiger partial charge in [-0.1, -0.05) is 36.6 Å². The first-order chi connectivity index (χ1) is 18.9. The van der Waals surface area contributed by atoms with Crippen molar-refractivity contribution in [1.29, 1.82) is 5.26 Å². The fourth-order valence-corrected chi connectivity index (χ4v) is 6.58. The van der Waals surface area contributed by atoms with E-state index in [0.717, 1.165) is 48.2 Å². The minimum atomic E-state index is -0.819. The third-order valence-electron chi connectivity index (χ3n) is 8.39. The number of cyclic esters (lactones) is 1. The molecule has 3 heterocycles. The lowest BCUT2D eigenvalue weighted by atomic mass is 9.76. The number of nitrogens with zero attached hydrogens (tertiary/aromatic N) is 6. The number of aromatic nitrogens is 4. The number of esters is 1. The van der Waals surface area contributed by atoms with E-state index < -0.39 is 17.0 Å². The minimum absolute atomic E-state index is 0.0190. The summed E-state index contributed by atoms with van der Waals surface area (Å²) in [5.74, 6) is 0.229. The molecule has 0 amide bonds. The van der Waals surface area contributed by atoms with Crippen LogP contribution in [0.3, 0.4) is 0 Å². The van der Waals surface area contributed by atoms with Gasteiger partial charge >= 0.3 is 5.97 Å². The fourth-order valence-electron chi connectivity index (χ4n) is 6.14. The number of aliphatic hydroxyl groups is 1. The monoisotopic (exact) mass is 562 g/mol. The lowest BCUT2D eigenvalue weighted by Gasteiger charge is -2.42. The molecule has 40 heavy (non-hydrogen) atoms. The van der Waals surface area contributed by atoms with Crippen LogP contribution in [0.15, 0.2) is 35.7 Å². The van der Waals surface area contributed by atoms with Gasteiger partial charge in [0.25, 0.3) is 11.7 Å². The summed E-state index contributed by atoms with van der Waals surface area (Å²) < 4.78 is 7.91. The van der Waals surface area contributed by atoms with Crippen LogP contribution >= 0.6 is 11.6 Å². The Balaban J connectivity index is 1.43. The van der Waals surface area contributed by atoms with Gasteiger partial charge in [0, 0.05) is 29.9 Å². The molecule has 0 radical (unpaired) electrons. The first-order valence-electron chi connectivity index (χ1n) is 13.7. The molecule has 1 atom stereocenters. The molecule has 2 aliphatic rings. The maximum absolute atomic E-state index is 13.6. The molecule has 2 aromatic heterocycles. The molecule has 0 saturated heterocycles.